The van der Waals surface area contributed by atoms with Gasteiger partial charge in [-0.05, 0) is 41.5 Å². The minimum absolute atomic E-state index is 0.350. The minimum atomic E-state index is -0.912. The molecule has 1 atom stereocenters. The monoisotopic (exact) mass is 477 g/mol. The summed E-state index contributed by atoms with van der Waals surface area (Å²) < 4.78 is 0.932. The molecule has 0 unspecified atom stereocenters. The topological polar surface area (TPSA) is 40.5 Å². The molecule has 6 heteroatoms. The molecule has 0 aliphatic rings. The van der Waals surface area contributed by atoms with Crippen molar-refractivity contribution in [2.75, 3.05) is 4.90 Å². The van der Waals surface area contributed by atoms with Gasteiger partial charge in [0.15, 0.2) is 0 Å². The summed E-state index contributed by atoms with van der Waals surface area (Å²) >= 11 is 16.0. The van der Waals surface area contributed by atoms with Gasteiger partial charge in [-0.15, -0.1) is 0 Å². The van der Waals surface area contributed by atoms with Crippen LogP contribution >= 0.6 is 39.1 Å². The average Bonchev–Trinajstić information content (AvgIpc) is 2.66. The second-order valence-corrected chi connectivity index (χ2v) is 8.16. The third-order valence-electron chi connectivity index (χ3n) is 4.39. The molecule has 3 aromatic rings. The number of anilines is 1. The van der Waals surface area contributed by atoms with Crippen molar-refractivity contribution in [3.05, 3.63) is 98.4 Å². The molecule has 0 aliphatic carbocycles. The van der Waals surface area contributed by atoms with Crippen LogP contribution < -0.4 is 4.90 Å². The molecule has 0 saturated heterocycles. The van der Waals surface area contributed by atoms with Crippen LogP contribution in [0.3, 0.4) is 0 Å². The van der Waals surface area contributed by atoms with E-state index in [0.717, 1.165) is 15.6 Å². The van der Waals surface area contributed by atoms with E-state index < -0.39 is 12.0 Å². The summed E-state index contributed by atoms with van der Waals surface area (Å²) in [6, 6.07) is 21.7. The zero-order chi connectivity index (χ0) is 20.1. The van der Waals surface area contributed by atoms with Crippen molar-refractivity contribution >= 4 is 50.8 Å². The Morgan fingerprint density at radius 3 is 2.32 bits per heavy atom. The van der Waals surface area contributed by atoms with E-state index in [1.54, 1.807) is 18.2 Å². The number of benzene rings is 3. The maximum atomic E-state index is 12.2. The molecule has 0 aliphatic heterocycles. The molecular formula is C22H18BrCl2NO2. The lowest BCUT2D eigenvalue weighted by atomic mass is 10.0. The van der Waals surface area contributed by atoms with E-state index >= 15 is 0 Å². The highest BCUT2D eigenvalue weighted by Crippen LogP contribution is 2.32. The number of carboxylic acids is 1. The Hall–Kier alpha value is -2.01. The molecule has 0 spiro atoms. The number of hydrogen-bond donors (Lipinski definition) is 1. The van der Waals surface area contributed by atoms with E-state index in [2.05, 4.69) is 15.9 Å². The van der Waals surface area contributed by atoms with Gasteiger partial charge in [-0.1, -0.05) is 81.6 Å². The van der Waals surface area contributed by atoms with Crippen molar-refractivity contribution in [2.24, 2.45) is 0 Å². The van der Waals surface area contributed by atoms with E-state index in [1.807, 2.05) is 59.5 Å². The maximum absolute atomic E-state index is 12.2. The Morgan fingerprint density at radius 2 is 1.68 bits per heavy atom. The smallest absolute Gasteiger partial charge is 0.326 e. The fourth-order valence-corrected chi connectivity index (χ4v) is 4.04. The maximum Gasteiger partial charge on any atom is 0.326 e. The number of carboxylic acid groups (broad SMARTS) is 1. The largest absolute Gasteiger partial charge is 0.480 e. The summed E-state index contributed by atoms with van der Waals surface area (Å²) in [6.07, 6.45) is 0.350. The molecule has 28 heavy (non-hydrogen) atoms. The molecule has 144 valence electrons. The van der Waals surface area contributed by atoms with Crippen LogP contribution in [0.5, 0.6) is 0 Å². The van der Waals surface area contributed by atoms with E-state index in [0.29, 0.717) is 28.7 Å². The Kier molecular flexibility index (Phi) is 7.00. The number of carbonyl (C=O) groups is 1. The SMILES string of the molecule is O=C(O)[C@H](Cc1ccccc1)N(Cc1cccc(Br)c1)c1ccc(Cl)cc1Cl. The fourth-order valence-electron chi connectivity index (χ4n) is 3.08. The van der Waals surface area contributed by atoms with Crippen LogP contribution in [0.4, 0.5) is 5.69 Å². The highest BCUT2D eigenvalue weighted by molar-refractivity contribution is 9.10. The minimum Gasteiger partial charge on any atom is -0.480 e. The summed E-state index contributed by atoms with van der Waals surface area (Å²) in [4.78, 5) is 14.0. The van der Waals surface area contributed by atoms with Gasteiger partial charge in [-0.25, -0.2) is 4.79 Å². The Morgan fingerprint density at radius 1 is 0.964 bits per heavy atom. The molecule has 3 aromatic carbocycles. The van der Waals surface area contributed by atoms with Crippen LogP contribution in [-0.4, -0.2) is 17.1 Å². The van der Waals surface area contributed by atoms with E-state index in [-0.39, 0.29) is 0 Å². The molecule has 0 heterocycles. The molecular weight excluding hydrogens is 461 g/mol. The molecule has 3 nitrogen and oxygen atoms in total. The van der Waals surface area contributed by atoms with Crippen molar-refractivity contribution in [1.29, 1.82) is 0 Å². The van der Waals surface area contributed by atoms with Gasteiger partial charge < -0.3 is 10.0 Å². The predicted molar refractivity (Wildman–Crippen MR) is 118 cm³/mol. The summed E-state index contributed by atoms with van der Waals surface area (Å²) in [5.41, 5.74) is 2.55. The first-order chi connectivity index (χ1) is 13.4. The van der Waals surface area contributed by atoms with E-state index in [4.69, 9.17) is 23.2 Å². The lowest BCUT2D eigenvalue weighted by Gasteiger charge is -2.32. The molecule has 3 rings (SSSR count). The highest BCUT2D eigenvalue weighted by Gasteiger charge is 2.28. The van der Waals surface area contributed by atoms with Crippen molar-refractivity contribution in [3.8, 4) is 0 Å². The lowest BCUT2D eigenvalue weighted by Crippen LogP contribution is -2.42. The van der Waals surface area contributed by atoms with Crippen molar-refractivity contribution in [3.63, 3.8) is 0 Å². The average molecular weight is 479 g/mol. The van der Waals surface area contributed by atoms with Crippen molar-refractivity contribution in [1.82, 2.24) is 0 Å². The normalized spacial score (nSPS) is 11.8. The van der Waals surface area contributed by atoms with Crippen LogP contribution in [0.1, 0.15) is 11.1 Å². The Labute approximate surface area is 182 Å². The molecule has 0 saturated carbocycles. The Balaban J connectivity index is 2.03. The van der Waals surface area contributed by atoms with E-state index in [1.165, 1.54) is 0 Å². The summed E-state index contributed by atoms with van der Waals surface area (Å²) in [6.45, 7) is 0.393. The predicted octanol–water partition coefficient (Wildman–Crippen LogP) is 6.46. The third-order valence-corrected chi connectivity index (χ3v) is 5.43. The number of rotatable bonds is 7. The van der Waals surface area contributed by atoms with Crippen LogP contribution in [0.15, 0.2) is 77.3 Å². The van der Waals surface area contributed by atoms with Crippen molar-refractivity contribution in [2.45, 2.75) is 19.0 Å². The third kappa shape index (κ3) is 5.28. The second-order valence-electron chi connectivity index (χ2n) is 6.40. The Bertz CT molecular complexity index is 966. The molecule has 0 fully saturated rings. The first kappa shape index (κ1) is 20.7. The molecule has 0 amide bonds. The molecule has 0 radical (unpaired) electrons. The second kappa shape index (κ2) is 9.46. The van der Waals surface area contributed by atoms with Crippen LogP contribution in [-0.2, 0) is 17.8 Å². The van der Waals surface area contributed by atoms with E-state index in [9.17, 15) is 9.90 Å². The number of hydrogen-bond acceptors (Lipinski definition) is 2. The van der Waals surface area contributed by atoms with Gasteiger partial charge >= 0.3 is 5.97 Å². The van der Waals surface area contributed by atoms with Crippen LogP contribution in [0.2, 0.25) is 10.0 Å². The highest BCUT2D eigenvalue weighted by atomic mass is 79.9. The first-order valence-corrected chi connectivity index (χ1v) is 10.2. The van der Waals surface area contributed by atoms with Crippen molar-refractivity contribution < 1.29 is 9.90 Å². The summed E-state index contributed by atoms with van der Waals surface area (Å²) in [5, 5.41) is 10.9. The summed E-state index contributed by atoms with van der Waals surface area (Å²) in [5.74, 6) is -0.912. The van der Waals surface area contributed by atoms with Gasteiger partial charge in [0.1, 0.15) is 6.04 Å². The van der Waals surface area contributed by atoms with Gasteiger partial charge in [-0.2, -0.15) is 0 Å². The van der Waals surface area contributed by atoms with Gasteiger partial charge in [0.2, 0.25) is 0 Å². The molecule has 0 aromatic heterocycles. The van der Waals surface area contributed by atoms with Gasteiger partial charge in [0.25, 0.3) is 0 Å². The lowest BCUT2D eigenvalue weighted by molar-refractivity contribution is -0.138. The number of aliphatic carboxylic acids is 1. The quantitative estimate of drug-likeness (QED) is 0.423. The standard InChI is InChI=1S/C22H18BrCl2NO2/c23-17-8-4-7-16(11-17)14-26(20-10-9-18(24)13-19(20)25)21(22(27)28)12-15-5-2-1-3-6-15/h1-11,13,21H,12,14H2,(H,27,28)/t21-/m0/s1. The summed E-state index contributed by atoms with van der Waals surface area (Å²) in [7, 11) is 0. The zero-order valence-corrected chi connectivity index (χ0v) is 18.0. The van der Waals surface area contributed by atoms with Crippen LogP contribution in [0.25, 0.3) is 0 Å². The molecule has 0 bridgehead atoms. The molecule has 1 N–H and O–H groups in total. The van der Waals surface area contributed by atoms with Gasteiger partial charge in [-0.3, -0.25) is 0 Å². The fraction of sp³-hybridized carbons (Fsp3) is 0.136. The van der Waals surface area contributed by atoms with Gasteiger partial charge in [0.05, 0.1) is 10.7 Å². The zero-order valence-electron chi connectivity index (χ0n) is 14.9. The number of nitrogens with zero attached hydrogens (tertiary/aromatic N) is 1. The van der Waals surface area contributed by atoms with Gasteiger partial charge in [0, 0.05) is 22.5 Å². The number of halogens is 3. The first-order valence-electron chi connectivity index (χ1n) is 8.67. The van der Waals surface area contributed by atoms with Crippen LogP contribution in [0, 0.1) is 0 Å².